The van der Waals surface area contributed by atoms with Gasteiger partial charge in [0.25, 0.3) is 0 Å². The van der Waals surface area contributed by atoms with Crippen molar-refractivity contribution in [2.75, 3.05) is 0 Å². The fraction of sp³-hybridized carbons (Fsp3) is 0.700. The summed E-state index contributed by atoms with van der Waals surface area (Å²) in [6.45, 7) is 6.21. The minimum atomic E-state index is -0.836. The summed E-state index contributed by atoms with van der Waals surface area (Å²) < 4.78 is 0. The third kappa shape index (κ3) is 5.96. The molecule has 0 aliphatic carbocycles. The maximum atomic E-state index is 10.2. The third-order valence-electron chi connectivity index (χ3n) is 2.10. The second-order valence-corrected chi connectivity index (χ2v) is 3.38. The van der Waals surface area contributed by atoms with Gasteiger partial charge in [0.2, 0.25) is 0 Å². The molecule has 1 atom stereocenters. The Kier molecular flexibility index (Phi) is 5.43. The molecular weight excluding hydrogens is 152 g/mol. The lowest BCUT2D eigenvalue weighted by molar-refractivity contribution is -0.131. The molecule has 0 rings (SSSR count). The zero-order chi connectivity index (χ0) is 9.56. The molecule has 1 N–H and O–H groups in total. The summed E-state index contributed by atoms with van der Waals surface area (Å²) in [7, 11) is 0. The molecule has 0 fully saturated rings. The molecule has 2 nitrogen and oxygen atoms in total. The number of hydrogen-bond donors (Lipinski definition) is 1. The largest absolute Gasteiger partial charge is 0.478 e. The van der Waals surface area contributed by atoms with Crippen molar-refractivity contribution in [3.63, 3.8) is 0 Å². The molecule has 70 valence electrons. The van der Waals surface area contributed by atoms with E-state index in [1.54, 1.807) is 0 Å². The maximum Gasteiger partial charge on any atom is 0.328 e. The smallest absolute Gasteiger partial charge is 0.328 e. The van der Waals surface area contributed by atoms with E-state index in [1.807, 2.05) is 6.92 Å². The van der Waals surface area contributed by atoms with Crippen LogP contribution in [0.15, 0.2) is 11.6 Å². The average molecular weight is 170 g/mol. The Balaban J connectivity index is 3.70. The molecule has 0 aromatic heterocycles. The van der Waals surface area contributed by atoms with Crippen molar-refractivity contribution in [2.45, 2.75) is 40.0 Å². The topological polar surface area (TPSA) is 37.3 Å². The maximum absolute atomic E-state index is 10.2. The number of hydrogen-bond acceptors (Lipinski definition) is 1. The first-order chi connectivity index (χ1) is 5.56. The predicted octanol–water partition coefficient (Wildman–Crippen LogP) is 2.84. The van der Waals surface area contributed by atoms with Gasteiger partial charge in [0.05, 0.1) is 0 Å². The van der Waals surface area contributed by atoms with Gasteiger partial charge in [-0.2, -0.15) is 0 Å². The molecule has 0 amide bonds. The average Bonchev–Trinajstić information content (AvgIpc) is 1.99. The molecule has 2 heteroatoms. The van der Waals surface area contributed by atoms with Gasteiger partial charge in [0.1, 0.15) is 0 Å². The quantitative estimate of drug-likeness (QED) is 0.644. The van der Waals surface area contributed by atoms with Gasteiger partial charge in [-0.3, -0.25) is 0 Å². The van der Waals surface area contributed by atoms with Gasteiger partial charge in [0.15, 0.2) is 0 Å². The number of aliphatic carboxylic acids is 1. The van der Waals surface area contributed by atoms with Crippen LogP contribution in [0.3, 0.4) is 0 Å². The first kappa shape index (κ1) is 11.2. The van der Waals surface area contributed by atoms with Crippen molar-refractivity contribution in [2.24, 2.45) is 5.92 Å². The van der Waals surface area contributed by atoms with Gasteiger partial charge < -0.3 is 5.11 Å². The molecular formula is C10H18O2. The SMILES string of the molecule is CCC(C)CCC(C)=CC(=O)O. The molecule has 0 radical (unpaired) electrons. The Bertz CT molecular complexity index is 171. The Morgan fingerprint density at radius 3 is 2.58 bits per heavy atom. The van der Waals surface area contributed by atoms with E-state index in [1.165, 1.54) is 12.5 Å². The van der Waals surface area contributed by atoms with E-state index in [-0.39, 0.29) is 0 Å². The standard InChI is InChI=1S/C10H18O2/c1-4-8(2)5-6-9(3)7-10(11)12/h7-8H,4-6H2,1-3H3,(H,11,12). The molecule has 1 unspecified atom stereocenters. The van der Waals surface area contributed by atoms with E-state index in [4.69, 9.17) is 5.11 Å². The van der Waals surface area contributed by atoms with Crippen LogP contribution in [-0.2, 0) is 4.79 Å². The van der Waals surface area contributed by atoms with Crippen molar-refractivity contribution in [3.8, 4) is 0 Å². The Morgan fingerprint density at radius 2 is 2.17 bits per heavy atom. The highest BCUT2D eigenvalue weighted by molar-refractivity contribution is 5.80. The Hall–Kier alpha value is -0.790. The van der Waals surface area contributed by atoms with E-state index in [9.17, 15) is 4.79 Å². The highest BCUT2D eigenvalue weighted by atomic mass is 16.4. The normalized spacial score (nSPS) is 14.4. The highest BCUT2D eigenvalue weighted by Crippen LogP contribution is 2.13. The first-order valence-corrected chi connectivity index (χ1v) is 4.46. The zero-order valence-electron chi connectivity index (χ0n) is 8.13. The second-order valence-electron chi connectivity index (χ2n) is 3.38. The van der Waals surface area contributed by atoms with Crippen LogP contribution >= 0.6 is 0 Å². The first-order valence-electron chi connectivity index (χ1n) is 4.46. The van der Waals surface area contributed by atoms with Crippen LogP contribution in [0.2, 0.25) is 0 Å². The van der Waals surface area contributed by atoms with Crippen LogP contribution in [-0.4, -0.2) is 11.1 Å². The summed E-state index contributed by atoms with van der Waals surface area (Å²) >= 11 is 0. The van der Waals surface area contributed by atoms with Crippen molar-refractivity contribution < 1.29 is 9.90 Å². The minimum Gasteiger partial charge on any atom is -0.478 e. The minimum absolute atomic E-state index is 0.696. The molecule has 0 aliphatic heterocycles. The van der Waals surface area contributed by atoms with Gasteiger partial charge >= 0.3 is 5.97 Å². The number of carboxylic acids is 1. The van der Waals surface area contributed by atoms with Gasteiger partial charge in [0, 0.05) is 6.08 Å². The van der Waals surface area contributed by atoms with Gasteiger partial charge in [-0.25, -0.2) is 4.79 Å². The zero-order valence-corrected chi connectivity index (χ0v) is 8.13. The molecule has 0 saturated heterocycles. The summed E-state index contributed by atoms with van der Waals surface area (Å²) in [6, 6.07) is 0. The Labute approximate surface area is 74.3 Å². The highest BCUT2D eigenvalue weighted by Gasteiger charge is 2.00. The van der Waals surface area contributed by atoms with Crippen LogP contribution in [0.1, 0.15) is 40.0 Å². The van der Waals surface area contributed by atoms with E-state index in [0.29, 0.717) is 5.92 Å². The van der Waals surface area contributed by atoms with E-state index in [2.05, 4.69) is 13.8 Å². The van der Waals surface area contributed by atoms with Crippen LogP contribution in [0.25, 0.3) is 0 Å². The summed E-state index contributed by atoms with van der Waals surface area (Å²) in [5.74, 6) is -0.140. The van der Waals surface area contributed by atoms with Crippen LogP contribution in [0, 0.1) is 5.92 Å². The summed E-state index contributed by atoms with van der Waals surface area (Å²) in [4.78, 5) is 10.2. The van der Waals surface area contributed by atoms with E-state index in [0.717, 1.165) is 18.4 Å². The fourth-order valence-electron chi connectivity index (χ4n) is 0.961. The van der Waals surface area contributed by atoms with Crippen molar-refractivity contribution in [1.29, 1.82) is 0 Å². The van der Waals surface area contributed by atoms with Crippen molar-refractivity contribution >= 4 is 5.97 Å². The van der Waals surface area contributed by atoms with E-state index < -0.39 is 5.97 Å². The lowest BCUT2D eigenvalue weighted by Gasteiger charge is -2.06. The number of carboxylic acid groups (broad SMARTS) is 1. The van der Waals surface area contributed by atoms with E-state index >= 15 is 0 Å². The summed E-state index contributed by atoms with van der Waals surface area (Å²) in [5, 5.41) is 8.43. The van der Waals surface area contributed by atoms with Gasteiger partial charge in [-0.1, -0.05) is 25.8 Å². The molecule has 0 aliphatic rings. The fourth-order valence-corrected chi connectivity index (χ4v) is 0.961. The predicted molar refractivity (Wildman–Crippen MR) is 50.1 cm³/mol. The van der Waals surface area contributed by atoms with Crippen LogP contribution in [0.4, 0.5) is 0 Å². The van der Waals surface area contributed by atoms with Crippen LogP contribution < -0.4 is 0 Å². The van der Waals surface area contributed by atoms with Crippen LogP contribution in [0.5, 0.6) is 0 Å². The lowest BCUT2D eigenvalue weighted by Crippen LogP contribution is -1.94. The molecule has 0 heterocycles. The molecule has 12 heavy (non-hydrogen) atoms. The number of carbonyl (C=O) groups is 1. The number of rotatable bonds is 5. The second kappa shape index (κ2) is 5.81. The molecule has 0 spiro atoms. The van der Waals surface area contributed by atoms with Gasteiger partial charge in [-0.15, -0.1) is 0 Å². The lowest BCUT2D eigenvalue weighted by atomic mass is 10.00. The summed E-state index contributed by atoms with van der Waals surface area (Å²) in [6.07, 6.45) is 4.45. The summed E-state index contributed by atoms with van der Waals surface area (Å²) in [5.41, 5.74) is 0.961. The van der Waals surface area contributed by atoms with Crippen molar-refractivity contribution in [1.82, 2.24) is 0 Å². The number of allylic oxidation sites excluding steroid dienone is 1. The molecule has 0 aromatic carbocycles. The Morgan fingerprint density at radius 1 is 1.58 bits per heavy atom. The molecule has 0 bridgehead atoms. The van der Waals surface area contributed by atoms with Crippen molar-refractivity contribution in [3.05, 3.63) is 11.6 Å². The molecule has 0 aromatic rings. The monoisotopic (exact) mass is 170 g/mol. The molecule has 0 saturated carbocycles. The van der Waals surface area contributed by atoms with Gasteiger partial charge in [-0.05, 0) is 25.7 Å². The third-order valence-corrected chi connectivity index (χ3v) is 2.10.